The number of methoxy groups -OCH3 is 1. The minimum absolute atomic E-state index is 0. The van der Waals surface area contributed by atoms with Crippen molar-refractivity contribution in [2.75, 3.05) is 7.11 Å². The van der Waals surface area contributed by atoms with Gasteiger partial charge >= 0.3 is 0 Å². The number of nitrogens with one attached hydrogen (secondary N) is 1. The Balaban J connectivity index is 0.00000208. The second-order valence-corrected chi connectivity index (χ2v) is 5.94. The van der Waals surface area contributed by atoms with Gasteiger partial charge in [-0.2, -0.15) is 5.10 Å². The standard InChI is InChI=1S/C17H22N4O2.ClH/c1-23-16-6-4-15(5-7-16)21-9-8-14(20-21)11-19-17(22)12-2-3-13(18)10-12;/h4-9,12-13H,2-3,10-11,18H2,1H3,(H,19,22);1H. The van der Waals surface area contributed by atoms with Crippen molar-refractivity contribution in [3.05, 3.63) is 42.2 Å². The lowest BCUT2D eigenvalue weighted by atomic mass is 10.1. The number of nitrogens with two attached hydrogens (primary N) is 1. The van der Waals surface area contributed by atoms with Gasteiger partial charge in [-0.05, 0) is 49.6 Å². The van der Waals surface area contributed by atoms with Gasteiger partial charge in [0.05, 0.1) is 25.0 Å². The van der Waals surface area contributed by atoms with Crippen LogP contribution in [0.1, 0.15) is 25.0 Å². The summed E-state index contributed by atoms with van der Waals surface area (Å²) in [4.78, 5) is 12.1. The van der Waals surface area contributed by atoms with Crippen LogP contribution in [0, 0.1) is 5.92 Å². The Morgan fingerprint density at radius 1 is 1.33 bits per heavy atom. The third-order valence-corrected chi connectivity index (χ3v) is 4.27. The molecule has 130 valence electrons. The van der Waals surface area contributed by atoms with Crippen molar-refractivity contribution in [1.29, 1.82) is 0 Å². The number of hydrogen-bond acceptors (Lipinski definition) is 4. The maximum Gasteiger partial charge on any atom is 0.223 e. The molecular weight excluding hydrogens is 328 g/mol. The molecule has 1 aliphatic rings. The van der Waals surface area contributed by atoms with E-state index in [1.165, 1.54) is 0 Å². The molecule has 0 radical (unpaired) electrons. The van der Waals surface area contributed by atoms with Crippen LogP contribution >= 0.6 is 12.4 Å². The van der Waals surface area contributed by atoms with Crippen LogP contribution in [0.15, 0.2) is 36.5 Å². The normalized spacial score (nSPS) is 19.6. The molecule has 3 N–H and O–H groups in total. The second kappa shape index (κ2) is 8.17. The minimum Gasteiger partial charge on any atom is -0.497 e. The Hall–Kier alpha value is -2.05. The summed E-state index contributed by atoms with van der Waals surface area (Å²) in [6.07, 6.45) is 4.48. The number of rotatable bonds is 5. The van der Waals surface area contributed by atoms with Crippen LogP contribution in [-0.4, -0.2) is 28.8 Å². The van der Waals surface area contributed by atoms with E-state index in [1.807, 2.05) is 36.5 Å². The summed E-state index contributed by atoms with van der Waals surface area (Å²) in [6, 6.07) is 9.73. The van der Waals surface area contributed by atoms with Crippen LogP contribution in [-0.2, 0) is 11.3 Å². The number of halogens is 1. The molecule has 0 spiro atoms. The molecule has 0 bridgehead atoms. The predicted molar refractivity (Wildman–Crippen MR) is 94.5 cm³/mol. The van der Waals surface area contributed by atoms with E-state index in [2.05, 4.69) is 10.4 Å². The lowest BCUT2D eigenvalue weighted by Crippen LogP contribution is -2.30. The van der Waals surface area contributed by atoms with E-state index in [0.29, 0.717) is 6.54 Å². The van der Waals surface area contributed by atoms with E-state index < -0.39 is 0 Å². The van der Waals surface area contributed by atoms with Crippen molar-refractivity contribution in [3.8, 4) is 11.4 Å². The van der Waals surface area contributed by atoms with E-state index in [0.717, 1.165) is 36.4 Å². The number of carbonyl (C=O) groups excluding carboxylic acids is 1. The molecule has 1 saturated carbocycles. The van der Waals surface area contributed by atoms with Gasteiger partial charge in [0.2, 0.25) is 5.91 Å². The van der Waals surface area contributed by atoms with Crippen molar-refractivity contribution in [2.24, 2.45) is 11.7 Å². The number of aromatic nitrogens is 2. The minimum atomic E-state index is 0. The fourth-order valence-corrected chi connectivity index (χ4v) is 2.91. The molecule has 24 heavy (non-hydrogen) atoms. The fraction of sp³-hybridized carbons (Fsp3) is 0.412. The van der Waals surface area contributed by atoms with Gasteiger partial charge < -0.3 is 15.8 Å². The maximum absolute atomic E-state index is 12.1. The summed E-state index contributed by atoms with van der Waals surface area (Å²) in [5, 5.41) is 7.44. The van der Waals surface area contributed by atoms with Gasteiger partial charge in [0.1, 0.15) is 5.75 Å². The SMILES string of the molecule is COc1ccc(-n2ccc(CNC(=O)C3CCC(N)C3)n2)cc1.Cl. The molecule has 0 aliphatic heterocycles. The fourth-order valence-electron chi connectivity index (χ4n) is 2.91. The Morgan fingerprint density at radius 2 is 2.08 bits per heavy atom. The molecule has 2 unspecified atom stereocenters. The lowest BCUT2D eigenvalue weighted by Gasteiger charge is -2.09. The van der Waals surface area contributed by atoms with Crippen LogP contribution in [0.5, 0.6) is 5.75 Å². The summed E-state index contributed by atoms with van der Waals surface area (Å²) < 4.78 is 6.93. The third-order valence-electron chi connectivity index (χ3n) is 4.27. The maximum atomic E-state index is 12.1. The summed E-state index contributed by atoms with van der Waals surface area (Å²) in [5.74, 6) is 0.939. The van der Waals surface area contributed by atoms with E-state index in [4.69, 9.17) is 10.5 Å². The molecule has 0 saturated heterocycles. The van der Waals surface area contributed by atoms with Gasteiger partial charge in [0, 0.05) is 18.2 Å². The number of hydrogen-bond donors (Lipinski definition) is 2. The third kappa shape index (κ3) is 4.27. The van der Waals surface area contributed by atoms with Crippen molar-refractivity contribution in [1.82, 2.24) is 15.1 Å². The molecule has 1 heterocycles. The van der Waals surface area contributed by atoms with Crippen molar-refractivity contribution >= 4 is 18.3 Å². The summed E-state index contributed by atoms with van der Waals surface area (Å²) in [7, 11) is 1.64. The summed E-state index contributed by atoms with van der Waals surface area (Å²) >= 11 is 0. The van der Waals surface area contributed by atoms with Gasteiger partial charge in [0.25, 0.3) is 0 Å². The van der Waals surface area contributed by atoms with Crippen molar-refractivity contribution in [2.45, 2.75) is 31.8 Å². The Bertz CT molecular complexity index is 671. The Kier molecular flexibility index (Phi) is 6.23. The molecule has 1 aliphatic carbocycles. The van der Waals surface area contributed by atoms with Gasteiger partial charge in [-0.1, -0.05) is 0 Å². The molecule has 3 rings (SSSR count). The zero-order chi connectivity index (χ0) is 16.2. The van der Waals surface area contributed by atoms with Crippen LogP contribution < -0.4 is 15.8 Å². The zero-order valence-corrected chi connectivity index (χ0v) is 14.5. The number of ether oxygens (including phenoxy) is 1. The van der Waals surface area contributed by atoms with Gasteiger partial charge in [-0.3, -0.25) is 4.79 Å². The smallest absolute Gasteiger partial charge is 0.223 e. The monoisotopic (exact) mass is 350 g/mol. The van der Waals surface area contributed by atoms with Crippen LogP contribution in [0.2, 0.25) is 0 Å². The number of benzene rings is 1. The van der Waals surface area contributed by atoms with E-state index in [1.54, 1.807) is 11.8 Å². The van der Waals surface area contributed by atoms with Gasteiger partial charge in [-0.15, -0.1) is 12.4 Å². The Morgan fingerprint density at radius 3 is 2.71 bits per heavy atom. The number of carbonyl (C=O) groups is 1. The summed E-state index contributed by atoms with van der Waals surface area (Å²) in [5.41, 5.74) is 7.63. The molecular formula is C17H23ClN4O2. The first-order chi connectivity index (χ1) is 11.2. The molecule has 2 aromatic rings. The van der Waals surface area contributed by atoms with Crippen LogP contribution in [0.4, 0.5) is 0 Å². The highest BCUT2D eigenvalue weighted by atomic mass is 35.5. The molecule has 1 fully saturated rings. The molecule has 6 nitrogen and oxygen atoms in total. The quantitative estimate of drug-likeness (QED) is 0.864. The molecule has 1 aromatic heterocycles. The summed E-state index contributed by atoms with van der Waals surface area (Å²) in [6.45, 7) is 0.438. The van der Waals surface area contributed by atoms with Gasteiger partial charge in [-0.25, -0.2) is 4.68 Å². The molecule has 2 atom stereocenters. The number of amides is 1. The first-order valence-electron chi connectivity index (χ1n) is 7.88. The highest BCUT2D eigenvalue weighted by molar-refractivity contribution is 5.85. The molecule has 1 amide bonds. The van der Waals surface area contributed by atoms with Crippen LogP contribution in [0.25, 0.3) is 5.69 Å². The first kappa shape index (κ1) is 18.3. The topological polar surface area (TPSA) is 82.2 Å². The lowest BCUT2D eigenvalue weighted by molar-refractivity contribution is -0.125. The van der Waals surface area contributed by atoms with E-state index in [9.17, 15) is 4.79 Å². The van der Waals surface area contributed by atoms with Crippen molar-refractivity contribution < 1.29 is 9.53 Å². The molecule has 1 aromatic carbocycles. The van der Waals surface area contributed by atoms with E-state index >= 15 is 0 Å². The first-order valence-corrected chi connectivity index (χ1v) is 7.88. The number of nitrogens with zero attached hydrogens (tertiary/aromatic N) is 2. The highest BCUT2D eigenvalue weighted by Crippen LogP contribution is 2.24. The molecule has 7 heteroatoms. The van der Waals surface area contributed by atoms with Crippen LogP contribution in [0.3, 0.4) is 0 Å². The highest BCUT2D eigenvalue weighted by Gasteiger charge is 2.27. The predicted octanol–water partition coefficient (Wildman–Crippen LogP) is 2.05. The van der Waals surface area contributed by atoms with E-state index in [-0.39, 0.29) is 30.3 Å². The second-order valence-electron chi connectivity index (χ2n) is 5.94. The largest absolute Gasteiger partial charge is 0.497 e. The Labute approximate surface area is 147 Å². The average molecular weight is 351 g/mol. The average Bonchev–Trinajstić information content (AvgIpc) is 3.22. The van der Waals surface area contributed by atoms with Crippen molar-refractivity contribution in [3.63, 3.8) is 0 Å². The zero-order valence-electron chi connectivity index (χ0n) is 13.6. The van der Waals surface area contributed by atoms with Gasteiger partial charge in [0.15, 0.2) is 0 Å².